The lowest BCUT2D eigenvalue weighted by Crippen LogP contribution is -2.07. The van der Waals surface area contributed by atoms with Gasteiger partial charge in [0.25, 0.3) is 0 Å². The third-order valence-electron chi connectivity index (χ3n) is 4.84. The zero-order chi connectivity index (χ0) is 23.9. The Morgan fingerprint density at radius 2 is 1.42 bits per heavy atom. The van der Waals surface area contributed by atoms with E-state index in [0.717, 1.165) is 59.1 Å². The molecule has 6 heteroatoms. The van der Waals surface area contributed by atoms with E-state index in [9.17, 15) is 0 Å². The van der Waals surface area contributed by atoms with Gasteiger partial charge < -0.3 is 23.8 Å². The number of unbranched alkanes of at least 4 members (excludes halogenated alkanes) is 2. The molecule has 0 unspecified atom stereocenters. The van der Waals surface area contributed by atoms with Gasteiger partial charge >= 0.3 is 0 Å². The Kier molecular flexibility index (Phi) is 11.7. The van der Waals surface area contributed by atoms with E-state index in [1.165, 1.54) is 7.11 Å². The molecule has 0 aliphatic carbocycles. The standard InChI is InChI=1S/C27H37NO5/c1-6-7-15-31-26-18-21(2)27(22(3)19-26)32-17-10-8-9-16-30-24-11-13-25(14-12-24)33-20-23(4)28-29-5/h6-7,11-14,18-19H,8-10,15-17,20H2,1-5H3/b7-6+,28-23+. The molecule has 2 rings (SSSR count). The van der Waals surface area contributed by atoms with E-state index < -0.39 is 0 Å². The first kappa shape index (κ1) is 26.1. The summed E-state index contributed by atoms with van der Waals surface area (Å²) in [5.74, 6) is 3.44. The van der Waals surface area contributed by atoms with Crippen LogP contribution in [0.15, 0.2) is 53.7 Å². The number of benzene rings is 2. The van der Waals surface area contributed by atoms with Crippen LogP contribution < -0.4 is 18.9 Å². The zero-order valence-electron chi connectivity index (χ0n) is 20.6. The quantitative estimate of drug-likeness (QED) is 0.137. The molecule has 0 aliphatic heterocycles. The van der Waals surface area contributed by atoms with Crippen LogP contribution in [0.1, 0.15) is 44.2 Å². The SMILES string of the molecule is C/C=C/COc1cc(C)c(OCCCCCOc2ccc(OC/C(C)=N/OC)cc2)c(C)c1. The second-order valence-corrected chi connectivity index (χ2v) is 7.79. The summed E-state index contributed by atoms with van der Waals surface area (Å²) < 4.78 is 23.2. The molecule has 180 valence electrons. The molecule has 0 spiro atoms. The fraction of sp³-hybridized carbons (Fsp3) is 0.444. The predicted octanol–water partition coefficient (Wildman–Crippen LogP) is 6.29. The van der Waals surface area contributed by atoms with Crippen molar-refractivity contribution >= 4 is 5.71 Å². The Bertz CT molecular complexity index is 867. The van der Waals surface area contributed by atoms with E-state index in [1.54, 1.807) is 0 Å². The van der Waals surface area contributed by atoms with E-state index in [0.29, 0.717) is 26.4 Å². The zero-order valence-corrected chi connectivity index (χ0v) is 20.6. The van der Waals surface area contributed by atoms with Gasteiger partial charge in [-0.15, -0.1) is 0 Å². The smallest absolute Gasteiger partial charge is 0.129 e. The van der Waals surface area contributed by atoms with E-state index in [4.69, 9.17) is 23.8 Å². The van der Waals surface area contributed by atoms with Gasteiger partial charge in [-0.3, -0.25) is 0 Å². The molecule has 6 nitrogen and oxygen atoms in total. The minimum Gasteiger partial charge on any atom is -0.494 e. The van der Waals surface area contributed by atoms with Crippen molar-refractivity contribution < 1.29 is 23.8 Å². The van der Waals surface area contributed by atoms with Gasteiger partial charge in [0.1, 0.15) is 43.3 Å². The van der Waals surface area contributed by atoms with Crippen molar-refractivity contribution in [2.24, 2.45) is 5.16 Å². The first-order valence-electron chi connectivity index (χ1n) is 11.4. The molecule has 0 fully saturated rings. The maximum Gasteiger partial charge on any atom is 0.129 e. The van der Waals surface area contributed by atoms with Crippen molar-refractivity contribution in [3.05, 3.63) is 59.7 Å². The second-order valence-electron chi connectivity index (χ2n) is 7.79. The molecule has 0 radical (unpaired) electrons. The predicted molar refractivity (Wildman–Crippen MR) is 133 cm³/mol. The Morgan fingerprint density at radius 1 is 0.818 bits per heavy atom. The molecule has 0 bridgehead atoms. The van der Waals surface area contributed by atoms with Crippen LogP contribution in [0.25, 0.3) is 0 Å². The van der Waals surface area contributed by atoms with Crippen molar-refractivity contribution in [2.75, 3.05) is 33.5 Å². The Labute approximate surface area is 198 Å². The summed E-state index contributed by atoms with van der Waals surface area (Å²) in [7, 11) is 1.52. The van der Waals surface area contributed by atoms with Crippen molar-refractivity contribution in [3.63, 3.8) is 0 Å². The summed E-state index contributed by atoms with van der Waals surface area (Å²) in [6, 6.07) is 11.7. The first-order chi connectivity index (χ1) is 16.0. The third kappa shape index (κ3) is 9.89. The molecular weight excluding hydrogens is 418 g/mol. The maximum absolute atomic E-state index is 6.04. The van der Waals surface area contributed by atoms with Crippen molar-refractivity contribution in [2.45, 2.75) is 47.0 Å². The van der Waals surface area contributed by atoms with E-state index in [2.05, 4.69) is 19.0 Å². The number of ether oxygens (including phenoxy) is 4. The summed E-state index contributed by atoms with van der Waals surface area (Å²) in [5, 5.41) is 3.82. The van der Waals surface area contributed by atoms with Gasteiger partial charge in [-0.05, 0) is 94.5 Å². The Balaban J connectivity index is 1.63. The summed E-state index contributed by atoms with van der Waals surface area (Å²) in [6.45, 7) is 10.3. The van der Waals surface area contributed by atoms with E-state index >= 15 is 0 Å². The highest BCUT2D eigenvalue weighted by Crippen LogP contribution is 2.28. The highest BCUT2D eigenvalue weighted by Gasteiger charge is 2.07. The van der Waals surface area contributed by atoms with E-state index in [-0.39, 0.29) is 0 Å². The molecule has 0 amide bonds. The molecule has 0 atom stereocenters. The van der Waals surface area contributed by atoms with Crippen LogP contribution in [0.3, 0.4) is 0 Å². The van der Waals surface area contributed by atoms with Gasteiger partial charge in [0.2, 0.25) is 0 Å². The summed E-state index contributed by atoms with van der Waals surface area (Å²) >= 11 is 0. The van der Waals surface area contributed by atoms with E-state index in [1.807, 2.05) is 62.4 Å². The molecule has 0 saturated carbocycles. The number of hydrogen-bond donors (Lipinski definition) is 0. The minimum atomic E-state index is 0.393. The van der Waals surface area contributed by atoms with Gasteiger partial charge in [-0.25, -0.2) is 0 Å². The maximum atomic E-state index is 6.04. The lowest BCUT2D eigenvalue weighted by Gasteiger charge is -2.14. The van der Waals surface area contributed by atoms with Crippen LogP contribution in [-0.4, -0.2) is 39.2 Å². The van der Waals surface area contributed by atoms with Crippen LogP contribution in [0.2, 0.25) is 0 Å². The van der Waals surface area contributed by atoms with Crippen molar-refractivity contribution in [1.82, 2.24) is 0 Å². The monoisotopic (exact) mass is 455 g/mol. The number of nitrogens with zero attached hydrogens (tertiary/aromatic N) is 1. The number of allylic oxidation sites excluding steroid dienone is 1. The van der Waals surface area contributed by atoms with Crippen molar-refractivity contribution in [3.8, 4) is 23.0 Å². The third-order valence-corrected chi connectivity index (χ3v) is 4.84. The van der Waals surface area contributed by atoms with Gasteiger partial charge in [0, 0.05) is 0 Å². The summed E-state index contributed by atoms with van der Waals surface area (Å²) in [4.78, 5) is 4.72. The number of hydrogen-bond acceptors (Lipinski definition) is 6. The molecule has 33 heavy (non-hydrogen) atoms. The highest BCUT2D eigenvalue weighted by atomic mass is 16.6. The number of aryl methyl sites for hydroxylation is 2. The average Bonchev–Trinajstić information content (AvgIpc) is 2.79. The van der Waals surface area contributed by atoms with Gasteiger partial charge in [0.05, 0.1) is 18.9 Å². The molecule has 0 N–H and O–H groups in total. The molecule has 0 aromatic heterocycles. The minimum absolute atomic E-state index is 0.393. The number of oxime groups is 1. The fourth-order valence-corrected chi connectivity index (χ4v) is 3.21. The lowest BCUT2D eigenvalue weighted by atomic mass is 10.1. The van der Waals surface area contributed by atoms with Crippen LogP contribution in [0.5, 0.6) is 23.0 Å². The van der Waals surface area contributed by atoms with Crippen LogP contribution in [-0.2, 0) is 4.84 Å². The summed E-state index contributed by atoms with van der Waals surface area (Å²) in [6.07, 6.45) is 6.98. The fourth-order valence-electron chi connectivity index (χ4n) is 3.21. The Morgan fingerprint density at radius 3 is 2.03 bits per heavy atom. The topological polar surface area (TPSA) is 58.5 Å². The largest absolute Gasteiger partial charge is 0.494 e. The normalized spacial score (nSPS) is 11.5. The van der Waals surface area contributed by atoms with Crippen LogP contribution in [0, 0.1) is 13.8 Å². The van der Waals surface area contributed by atoms with Crippen LogP contribution in [0.4, 0.5) is 0 Å². The van der Waals surface area contributed by atoms with Gasteiger partial charge in [-0.1, -0.05) is 17.3 Å². The molecule has 2 aromatic carbocycles. The molecule has 0 saturated heterocycles. The molecule has 2 aromatic rings. The van der Waals surface area contributed by atoms with Crippen molar-refractivity contribution in [1.29, 1.82) is 0 Å². The first-order valence-corrected chi connectivity index (χ1v) is 11.4. The number of rotatable bonds is 15. The van der Waals surface area contributed by atoms with Gasteiger partial charge in [-0.2, -0.15) is 0 Å². The lowest BCUT2D eigenvalue weighted by molar-refractivity contribution is 0.209. The summed E-state index contributed by atoms with van der Waals surface area (Å²) in [5.41, 5.74) is 2.97. The highest BCUT2D eigenvalue weighted by molar-refractivity contribution is 5.82. The molecule has 0 aliphatic rings. The average molecular weight is 456 g/mol. The molecular formula is C27H37NO5. The van der Waals surface area contributed by atoms with Gasteiger partial charge in [0.15, 0.2) is 0 Å². The van der Waals surface area contributed by atoms with Crippen LogP contribution >= 0.6 is 0 Å². The molecule has 0 heterocycles. The Hall–Kier alpha value is -3.15. The second kappa shape index (κ2) is 14.8.